The van der Waals surface area contributed by atoms with Gasteiger partial charge in [-0.2, -0.15) is 0 Å². The molecule has 0 aliphatic rings. The molecule has 4 atom stereocenters. The molecule has 0 spiro atoms. The Labute approximate surface area is 222 Å². The first-order valence-electron chi connectivity index (χ1n) is 12.7. The normalized spacial score (nSPS) is 14.2. The number of carboxylic acid groups (broad SMARTS) is 1. The molecule has 12 nitrogen and oxygen atoms in total. The summed E-state index contributed by atoms with van der Waals surface area (Å²) in [5.74, 6) is -3.25. The lowest BCUT2D eigenvalue weighted by molar-refractivity contribution is -0.142. The highest BCUT2D eigenvalue weighted by Gasteiger charge is 2.32. The molecular formula is C26H39N7O5. The zero-order chi connectivity index (χ0) is 28.1. The number of carboxylic acids is 1. The third kappa shape index (κ3) is 9.94. The predicted octanol–water partition coefficient (Wildman–Crippen LogP) is -0.154. The molecule has 38 heavy (non-hydrogen) atoms. The van der Waals surface area contributed by atoms with E-state index in [2.05, 4.69) is 25.9 Å². The summed E-state index contributed by atoms with van der Waals surface area (Å²) < 4.78 is 0. The number of benzene rings is 1. The fourth-order valence-electron chi connectivity index (χ4n) is 3.84. The molecule has 0 aliphatic carbocycles. The number of aliphatic carboxylic acids is 1. The highest BCUT2D eigenvalue weighted by atomic mass is 16.4. The van der Waals surface area contributed by atoms with Gasteiger partial charge in [0, 0.05) is 24.7 Å². The number of nitrogens with zero attached hydrogens (tertiary/aromatic N) is 1. The van der Waals surface area contributed by atoms with Crippen LogP contribution in [-0.2, 0) is 32.0 Å². The van der Waals surface area contributed by atoms with Gasteiger partial charge in [0.05, 0.1) is 12.4 Å². The second-order valence-corrected chi connectivity index (χ2v) is 9.55. The fraction of sp³-hybridized carbons (Fsp3) is 0.500. The van der Waals surface area contributed by atoms with Gasteiger partial charge in [-0.3, -0.25) is 14.4 Å². The van der Waals surface area contributed by atoms with E-state index in [1.807, 2.05) is 6.07 Å². The molecule has 1 aromatic heterocycles. The molecule has 4 unspecified atom stereocenters. The van der Waals surface area contributed by atoms with Crippen LogP contribution in [0.2, 0.25) is 0 Å². The first-order chi connectivity index (χ1) is 18.1. The molecule has 208 valence electrons. The van der Waals surface area contributed by atoms with Gasteiger partial charge in [-0.15, -0.1) is 0 Å². The van der Waals surface area contributed by atoms with Gasteiger partial charge in [0.1, 0.15) is 18.1 Å². The van der Waals surface area contributed by atoms with Gasteiger partial charge < -0.3 is 37.5 Å². The van der Waals surface area contributed by atoms with Crippen molar-refractivity contribution in [2.75, 3.05) is 6.54 Å². The van der Waals surface area contributed by atoms with Crippen molar-refractivity contribution in [2.24, 2.45) is 17.4 Å². The van der Waals surface area contributed by atoms with Crippen LogP contribution in [0.15, 0.2) is 42.9 Å². The highest BCUT2D eigenvalue weighted by Crippen LogP contribution is 2.08. The molecule has 2 aromatic rings. The molecular weight excluding hydrogens is 490 g/mol. The van der Waals surface area contributed by atoms with E-state index in [1.54, 1.807) is 38.1 Å². The van der Waals surface area contributed by atoms with Gasteiger partial charge >= 0.3 is 5.97 Å². The van der Waals surface area contributed by atoms with Gasteiger partial charge in [0.15, 0.2) is 0 Å². The van der Waals surface area contributed by atoms with Gasteiger partial charge in [-0.05, 0) is 30.9 Å². The number of H-pyrrole nitrogens is 1. The Morgan fingerprint density at radius 3 is 2.21 bits per heavy atom. The van der Waals surface area contributed by atoms with Crippen molar-refractivity contribution in [2.45, 2.75) is 70.1 Å². The van der Waals surface area contributed by atoms with Crippen LogP contribution in [-0.4, -0.2) is 69.5 Å². The molecule has 1 heterocycles. The number of aromatic amines is 1. The maximum atomic E-state index is 13.3. The van der Waals surface area contributed by atoms with Crippen molar-refractivity contribution >= 4 is 23.7 Å². The second kappa shape index (κ2) is 15.5. The SMILES string of the molecule is CC(C)C(NC(=O)C(N)CCCCN)C(=O)NC(Cc1cnc[nH]1)C(=O)NC(Cc1ccccc1)C(=O)O. The third-order valence-corrected chi connectivity index (χ3v) is 6.06. The van der Waals surface area contributed by atoms with Crippen molar-refractivity contribution < 1.29 is 24.3 Å². The van der Waals surface area contributed by atoms with Crippen LogP contribution in [0.5, 0.6) is 0 Å². The summed E-state index contributed by atoms with van der Waals surface area (Å²) in [6.07, 6.45) is 4.90. The molecule has 12 heteroatoms. The minimum absolute atomic E-state index is 0.0343. The molecule has 2 rings (SSSR count). The minimum Gasteiger partial charge on any atom is -0.480 e. The van der Waals surface area contributed by atoms with Crippen molar-refractivity contribution in [3.8, 4) is 0 Å². The largest absolute Gasteiger partial charge is 0.480 e. The lowest BCUT2D eigenvalue weighted by Crippen LogP contribution is -2.59. The summed E-state index contributed by atoms with van der Waals surface area (Å²) in [5.41, 5.74) is 12.8. The van der Waals surface area contributed by atoms with E-state index in [9.17, 15) is 24.3 Å². The van der Waals surface area contributed by atoms with Crippen LogP contribution in [0.3, 0.4) is 0 Å². The number of imidazole rings is 1. The van der Waals surface area contributed by atoms with Crippen molar-refractivity contribution in [1.82, 2.24) is 25.9 Å². The van der Waals surface area contributed by atoms with Crippen molar-refractivity contribution in [3.63, 3.8) is 0 Å². The number of unbranched alkanes of at least 4 members (excludes halogenated alkanes) is 1. The second-order valence-electron chi connectivity index (χ2n) is 9.55. The Balaban J connectivity index is 2.15. The topological polar surface area (TPSA) is 205 Å². The molecule has 3 amide bonds. The molecule has 0 bridgehead atoms. The lowest BCUT2D eigenvalue weighted by Gasteiger charge is -2.27. The number of nitrogens with one attached hydrogen (secondary N) is 4. The molecule has 0 aliphatic heterocycles. The van der Waals surface area contributed by atoms with Crippen LogP contribution in [0.1, 0.15) is 44.4 Å². The monoisotopic (exact) mass is 529 g/mol. The number of hydrogen-bond donors (Lipinski definition) is 7. The first-order valence-corrected chi connectivity index (χ1v) is 12.7. The highest BCUT2D eigenvalue weighted by molar-refractivity contribution is 5.94. The van der Waals surface area contributed by atoms with Gasteiger partial charge in [0.25, 0.3) is 0 Å². The Morgan fingerprint density at radius 2 is 1.63 bits per heavy atom. The van der Waals surface area contributed by atoms with E-state index in [4.69, 9.17) is 11.5 Å². The lowest BCUT2D eigenvalue weighted by atomic mass is 10.0. The Morgan fingerprint density at radius 1 is 0.947 bits per heavy atom. The number of carbonyl (C=O) groups is 4. The number of aromatic nitrogens is 2. The van der Waals surface area contributed by atoms with Crippen molar-refractivity contribution in [3.05, 3.63) is 54.1 Å². The number of amides is 3. The third-order valence-electron chi connectivity index (χ3n) is 6.06. The number of carbonyl (C=O) groups excluding carboxylic acids is 3. The summed E-state index contributed by atoms with van der Waals surface area (Å²) in [5, 5.41) is 17.6. The molecule has 0 saturated carbocycles. The zero-order valence-corrected chi connectivity index (χ0v) is 21.9. The van der Waals surface area contributed by atoms with Crippen LogP contribution >= 0.6 is 0 Å². The van der Waals surface area contributed by atoms with E-state index < -0.39 is 47.9 Å². The summed E-state index contributed by atoms with van der Waals surface area (Å²) in [4.78, 5) is 57.8. The Hall–Kier alpha value is -3.77. The molecule has 0 radical (unpaired) electrons. The van der Waals surface area contributed by atoms with E-state index >= 15 is 0 Å². The minimum atomic E-state index is -1.21. The maximum Gasteiger partial charge on any atom is 0.326 e. The van der Waals surface area contributed by atoms with E-state index in [-0.39, 0.29) is 18.8 Å². The number of hydrogen-bond acceptors (Lipinski definition) is 7. The van der Waals surface area contributed by atoms with Gasteiger partial charge in [-0.1, -0.05) is 50.6 Å². The van der Waals surface area contributed by atoms with Crippen LogP contribution in [0.25, 0.3) is 0 Å². The summed E-state index contributed by atoms with van der Waals surface area (Å²) >= 11 is 0. The van der Waals surface area contributed by atoms with Crippen LogP contribution < -0.4 is 27.4 Å². The number of rotatable bonds is 16. The fourth-order valence-corrected chi connectivity index (χ4v) is 3.84. The van der Waals surface area contributed by atoms with E-state index in [1.165, 1.54) is 12.5 Å². The Kier molecular flexibility index (Phi) is 12.4. The summed E-state index contributed by atoms with van der Waals surface area (Å²) in [7, 11) is 0. The van der Waals surface area contributed by atoms with Gasteiger partial charge in [0.2, 0.25) is 17.7 Å². The van der Waals surface area contributed by atoms with E-state index in [0.29, 0.717) is 25.1 Å². The standard InChI is InChI=1S/C26H39N7O5/c1-16(2)22(33-23(34)19(28)10-6-7-11-27)25(36)31-20(13-18-14-29-15-30-18)24(35)32-21(26(37)38)12-17-8-4-3-5-9-17/h3-5,8-9,14-16,19-22H,6-7,10-13,27-28H2,1-2H3,(H,29,30)(H,31,36)(H,32,35)(H,33,34)(H,37,38). The number of nitrogens with two attached hydrogens (primary N) is 2. The molecule has 1 aromatic carbocycles. The maximum absolute atomic E-state index is 13.3. The predicted molar refractivity (Wildman–Crippen MR) is 142 cm³/mol. The average Bonchev–Trinajstić information content (AvgIpc) is 3.39. The van der Waals surface area contributed by atoms with E-state index in [0.717, 1.165) is 12.0 Å². The molecule has 0 saturated heterocycles. The average molecular weight is 530 g/mol. The molecule has 0 fully saturated rings. The summed E-state index contributed by atoms with van der Waals surface area (Å²) in [6.45, 7) is 4.02. The van der Waals surface area contributed by atoms with Crippen molar-refractivity contribution in [1.29, 1.82) is 0 Å². The van der Waals surface area contributed by atoms with Gasteiger partial charge in [-0.25, -0.2) is 9.78 Å². The summed E-state index contributed by atoms with van der Waals surface area (Å²) in [6, 6.07) is 4.81. The molecule has 9 N–H and O–H groups in total. The smallest absolute Gasteiger partial charge is 0.326 e. The van der Waals surface area contributed by atoms with Crippen LogP contribution in [0, 0.1) is 5.92 Å². The quantitative estimate of drug-likeness (QED) is 0.145. The van der Waals surface area contributed by atoms with Crippen LogP contribution in [0.4, 0.5) is 0 Å². The first kappa shape index (κ1) is 30.5. The Bertz CT molecular complexity index is 1030. The zero-order valence-electron chi connectivity index (χ0n) is 21.9.